The Labute approximate surface area is 137 Å². The molecular formula is C18H26FN3O. The molecule has 0 unspecified atom stereocenters. The number of hydrogen-bond acceptors (Lipinski definition) is 3. The number of rotatable bonds is 6. The van der Waals surface area contributed by atoms with Crippen LogP contribution in [-0.2, 0) is 10.2 Å². The summed E-state index contributed by atoms with van der Waals surface area (Å²) in [4.78, 5) is 17.3. The van der Waals surface area contributed by atoms with Gasteiger partial charge in [-0.05, 0) is 50.6 Å². The van der Waals surface area contributed by atoms with Gasteiger partial charge in [0, 0.05) is 32.7 Å². The normalized spacial score (nSPS) is 21.1. The van der Waals surface area contributed by atoms with Crippen LogP contribution in [0.2, 0.25) is 0 Å². The molecule has 1 aromatic carbocycles. The van der Waals surface area contributed by atoms with Gasteiger partial charge < -0.3 is 15.1 Å². The number of hydrogen-bond donors (Lipinski definition) is 1. The lowest BCUT2D eigenvalue weighted by Crippen LogP contribution is -2.45. The molecule has 1 heterocycles. The maximum atomic E-state index is 13.0. The highest BCUT2D eigenvalue weighted by Gasteiger charge is 2.50. The summed E-state index contributed by atoms with van der Waals surface area (Å²) in [6, 6.07) is 6.37. The lowest BCUT2D eigenvalue weighted by molar-refractivity contribution is -0.123. The molecule has 0 spiro atoms. The predicted molar refractivity (Wildman–Crippen MR) is 88.9 cm³/mol. The van der Waals surface area contributed by atoms with Gasteiger partial charge in [-0.15, -0.1) is 0 Å². The third-order valence-electron chi connectivity index (χ3n) is 5.11. The zero-order valence-electron chi connectivity index (χ0n) is 13.9. The largest absolute Gasteiger partial charge is 0.355 e. The van der Waals surface area contributed by atoms with Gasteiger partial charge >= 0.3 is 0 Å². The van der Waals surface area contributed by atoms with Crippen molar-refractivity contribution < 1.29 is 9.18 Å². The van der Waals surface area contributed by atoms with Gasteiger partial charge in [-0.25, -0.2) is 4.39 Å². The van der Waals surface area contributed by atoms with Gasteiger partial charge in [-0.1, -0.05) is 12.1 Å². The van der Waals surface area contributed by atoms with Crippen LogP contribution in [0.1, 0.15) is 24.8 Å². The van der Waals surface area contributed by atoms with Crippen LogP contribution in [0.15, 0.2) is 24.3 Å². The first-order valence-electron chi connectivity index (χ1n) is 8.55. The third-order valence-corrected chi connectivity index (χ3v) is 5.11. The van der Waals surface area contributed by atoms with Crippen LogP contribution >= 0.6 is 0 Å². The Balaban J connectivity index is 1.42. The number of nitrogens with zero attached hydrogens (tertiary/aromatic N) is 2. The minimum absolute atomic E-state index is 0.0995. The fourth-order valence-corrected chi connectivity index (χ4v) is 3.29. The van der Waals surface area contributed by atoms with Crippen molar-refractivity contribution in [3.63, 3.8) is 0 Å². The molecule has 0 bridgehead atoms. The van der Waals surface area contributed by atoms with Crippen LogP contribution in [0.5, 0.6) is 0 Å². The second-order valence-electron chi connectivity index (χ2n) is 6.84. The third kappa shape index (κ3) is 3.90. The predicted octanol–water partition coefficient (Wildman–Crippen LogP) is 1.61. The van der Waals surface area contributed by atoms with Crippen LogP contribution in [0, 0.1) is 5.82 Å². The fraction of sp³-hybridized carbons (Fsp3) is 0.611. The molecule has 2 aliphatic rings. The molecule has 1 saturated carbocycles. The monoisotopic (exact) mass is 319 g/mol. The second-order valence-corrected chi connectivity index (χ2v) is 6.84. The number of halogens is 1. The molecule has 126 valence electrons. The Morgan fingerprint density at radius 1 is 1.17 bits per heavy atom. The lowest BCUT2D eigenvalue weighted by atomic mass is 9.95. The van der Waals surface area contributed by atoms with E-state index < -0.39 is 5.41 Å². The number of benzene rings is 1. The Kier molecular flexibility index (Phi) is 4.97. The van der Waals surface area contributed by atoms with Gasteiger partial charge in [0.1, 0.15) is 5.82 Å². The fourth-order valence-electron chi connectivity index (χ4n) is 3.29. The molecule has 0 aromatic heterocycles. The van der Waals surface area contributed by atoms with Crippen molar-refractivity contribution in [3.8, 4) is 0 Å². The number of nitrogens with one attached hydrogen (secondary N) is 1. The highest BCUT2D eigenvalue weighted by Crippen LogP contribution is 2.48. The quantitative estimate of drug-likeness (QED) is 0.809. The summed E-state index contributed by atoms with van der Waals surface area (Å²) >= 11 is 0. The van der Waals surface area contributed by atoms with Gasteiger partial charge in [0.05, 0.1) is 5.41 Å². The Hall–Kier alpha value is -1.46. The summed E-state index contributed by atoms with van der Waals surface area (Å²) in [6.07, 6.45) is 2.71. The Bertz CT molecular complexity index is 534. The summed E-state index contributed by atoms with van der Waals surface area (Å²) in [5, 5.41) is 3.08. The Morgan fingerprint density at radius 2 is 1.83 bits per heavy atom. The molecule has 3 rings (SSSR count). The molecule has 0 atom stereocenters. The highest BCUT2D eigenvalue weighted by atomic mass is 19.1. The van der Waals surface area contributed by atoms with Gasteiger partial charge in [-0.3, -0.25) is 4.79 Å². The van der Waals surface area contributed by atoms with E-state index in [0.717, 1.165) is 57.5 Å². The van der Waals surface area contributed by atoms with Crippen LogP contribution in [-0.4, -0.2) is 62.0 Å². The standard InChI is InChI=1S/C18H26FN3O/c1-21-11-13-22(14-12-21)10-2-9-20-17(23)18(7-8-18)15-3-5-16(19)6-4-15/h3-6H,2,7-14H2,1H3,(H,20,23). The van der Waals surface area contributed by atoms with Crippen LogP contribution in [0.3, 0.4) is 0 Å². The molecule has 1 N–H and O–H groups in total. The van der Waals surface area contributed by atoms with E-state index in [9.17, 15) is 9.18 Å². The number of piperazine rings is 1. The number of likely N-dealkylation sites (N-methyl/N-ethyl adjacent to an activating group) is 1. The molecule has 4 nitrogen and oxygen atoms in total. The lowest BCUT2D eigenvalue weighted by Gasteiger charge is -2.32. The summed E-state index contributed by atoms with van der Waals surface area (Å²) in [6.45, 7) is 6.24. The summed E-state index contributed by atoms with van der Waals surface area (Å²) < 4.78 is 13.0. The minimum Gasteiger partial charge on any atom is -0.355 e. The van der Waals surface area contributed by atoms with E-state index >= 15 is 0 Å². The van der Waals surface area contributed by atoms with Crippen LogP contribution < -0.4 is 5.32 Å². The van der Waals surface area contributed by atoms with Gasteiger partial charge in [-0.2, -0.15) is 0 Å². The molecule has 5 heteroatoms. The average molecular weight is 319 g/mol. The maximum absolute atomic E-state index is 13.0. The van der Waals surface area contributed by atoms with E-state index in [1.807, 2.05) is 0 Å². The zero-order valence-corrected chi connectivity index (χ0v) is 13.9. The van der Waals surface area contributed by atoms with E-state index in [-0.39, 0.29) is 11.7 Å². The molecule has 1 aliphatic heterocycles. The topological polar surface area (TPSA) is 35.6 Å². The number of carbonyl (C=O) groups is 1. The first-order chi connectivity index (χ1) is 11.1. The SMILES string of the molecule is CN1CCN(CCCNC(=O)C2(c3ccc(F)cc3)CC2)CC1. The van der Waals surface area contributed by atoms with E-state index in [1.165, 1.54) is 12.1 Å². The molecule has 1 saturated heterocycles. The molecule has 23 heavy (non-hydrogen) atoms. The van der Waals surface area contributed by atoms with Crippen molar-refractivity contribution in [1.82, 2.24) is 15.1 Å². The summed E-state index contributed by atoms with van der Waals surface area (Å²) in [5.41, 5.74) is 0.539. The van der Waals surface area contributed by atoms with Crippen molar-refractivity contribution in [2.75, 3.05) is 46.3 Å². The van der Waals surface area contributed by atoms with Crippen molar-refractivity contribution in [3.05, 3.63) is 35.6 Å². The number of amides is 1. The van der Waals surface area contributed by atoms with E-state index in [4.69, 9.17) is 0 Å². The van der Waals surface area contributed by atoms with Crippen molar-refractivity contribution in [2.24, 2.45) is 0 Å². The van der Waals surface area contributed by atoms with E-state index in [2.05, 4.69) is 22.2 Å². The molecular weight excluding hydrogens is 293 g/mol. The average Bonchev–Trinajstić information content (AvgIpc) is 3.35. The van der Waals surface area contributed by atoms with Crippen molar-refractivity contribution in [1.29, 1.82) is 0 Å². The highest BCUT2D eigenvalue weighted by molar-refractivity contribution is 5.91. The molecule has 1 aliphatic carbocycles. The summed E-state index contributed by atoms with van der Waals surface area (Å²) in [5.74, 6) is -0.153. The molecule has 1 amide bonds. The maximum Gasteiger partial charge on any atom is 0.230 e. The van der Waals surface area contributed by atoms with Gasteiger partial charge in [0.15, 0.2) is 0 Å². The van der Waals surface area contributed by atoms with Gasteiger partial charge in [0.25, 0.3) is 0 Å². The molecule has 1 aromatic rings. The second kappa shape index (κ2) is 6.97. The number of carbonyl (C=O) groups excluding carboxylic acids is 1. The molecule has 2 fully saturated rings. The van der Waals surface area contributed by atoms with Crippen LogP contribution in [0.4, 0.5) is 4.39 Å². The van der Waals surface area contributed by atoms with E-state index in [1.54, 1.807) is 12.1 Å². The van der Waals surface area contributed by atoms with Gasteiger partial charge in [0.2, 0.25) is 5.91 Å². The van der Waals surface area contributed by atoms with Crippen LogP contribution in [0.25, 0.3) is 0 Å². The smallest absolute Gasteiger partial charge is 0.230 e. The molecule has 0 radical (unpaired) electrons. The summed E-state index contributed by atoms with van der Waals surface area (Å²) in [7, 11) is 2.15. The van der Waals surface area contributed by atoms with Crippen molar-refractivity contribution >= 4 is 5.91 Å². The first kappa shape index (κ1) is 16.4. The zero-order chi connectivity index (χ0) is 16.3. The minimum atomic E-state index is -0.401. The van der Waals surface area contributed by atoms with E-state index in [0.29, 0.717) is 6.54 Å². The first-order valence-corrected chi connectivity index (χ1v) is 8.55. The van der Waals surface area contributed by atoms with Crippen molar-refractivity contribution in [2.45, 2.75) is 24.7 Å². The Morgan fingerprint density at radius 3 is 2.43 bits per heavy atom.